The zero-order valence-corrected chi connectivity index (χ0v) is 20.8. The number of hydrogen-bond donors (Lipinski definition) is 6. The van der Waals surface area contributed by atoms with E-state index in [1.54, 1.807) is 40.9 Å². The second kappa shape index (κ2) is 14.3. The Kier molecular flexibility index (Phi) is 13.1. The van der Waals surface area contributed by atoms with Gasteiger partial charge in [0.1, 0.15) is 17.7 Å². The van der Waals surface area contributed by atoms with Crippen molar-refractivity contribution in [3.63, 3.8) is 0 Å². The summed E-state index contributed by atoms with van der Waals surface area (Å²) < 4.78 is 5.24. The van der Waals surface area contributed by atoms with Crippen LogP contribution in [0.25, 0.3) is 0 Å². The highest BCUT2D eigenvalue weighted by Crippen LogP contribution is 2.11. The van der Waals surface area contributed by atoms with E-state index in [2.05, 4.69) is 21.3 Å². The number of nitrogens with one attached hydrogen (secondary N) is 5. The number of carbonyl (C=O) groups excluding carboxylic acids is 4. The number of guanidine groups is 1. The fourth-order valence-corrected chi connectivity index (χ4v) is 2.90. The molecule has 0 unspecified atom stereocenters. The van der Waals surface area contributed by atoms with Crippen LogP contribution < -0.4 is 27.0 Å². The van der Waals surface area contributed by atoms with Gasteiger partial charge in [0.25, 0.3) is 0 Å². The first-order chi connectivity index (χ1) is 15.2. The second-order valence-corrected chi connectivity index (χ2v) is 9.72. The van der Waals surface area contributed by atoms with Crippen LogP contribution >= 0.6 is 0 Å². The summed E-state index contributed by atoms with van der Waals surface area (Å²) in [4.78, 5) is 49.2. The molecule has 0 aromatic rings. The van der Waals surface area contributed by atoms with Crippen molar-refractivity contribution in [2.24, 2.45) is 17.6 Å². The van der Waals surface area contributed by atoms with Crippen molar-refractivity contribution in [3.8, 4) is 0 Å². The van der Waals surface area contributed by atoms with Gasteiger partial charge in [-0.3, -0.25) is 19.8 Å². The molecule has 0 saturated heterocycles. The number of hydrogen-bond acceptors (Lipinski definition) is 6. The lowest BCUT2D eigenvalue weighted by Gasteiger charge is -2.28. The molecule has 11 heteroatoms. The summed E-state index contributed by atoms with van der Waals surface area (Å²) in [6, 6.07) is -2.67. The summed E-state index contributed by atoms with van der Waals surface area (Å²) in [5.74, 6) is -1.38. The molecule has 0 aliphatic carbocycles. The molecule has 1 radical (unpaired) electrons. The normalized spacial score (nSPS) is 14.1. The minimum atomic E-state index is -0.909. The Morgan fingerprint density at radius 2 is 1.64 bits per heavy atom. The molecule has 0 bridgehead atoms. The van der Waals surface area contributed by atoms with Gasteiger partial charge in [0.2, 0.25) is 18.1 Å². The summed E-state index contributed by atoms with van der Waals surface area (Å²) in [5, 5.41) is 17.6. The third kappa shape index (κ3) is 14.0. The van der Waals surface area contributed by atoms with Crippen LogP contribution in [0.4, 0.5) is 4.79 Å². The predicted molar refractivity (Wildman–Crippen MR) is 126 cm³/mol. The van der Waals surface area contributed by atoms with Crippen LogP contribution in [0.5, 0.6) is 0 Å². The predicted octanol–water partition coefficient (Wildman–Crippen LogP) is 0.924. The molecular weight excluding hydrogens is 428 g/mol. The lowest BCUT2D eigenvalue weighted by Crippen LogP contribution is -2.57. The molecule has 189 valence electrons. The van der Waals surface area contributed by atoms with Crippen LogP contribution in [-0.2, 0) is 19.1 Å². The van der Waals surface area contributed by atoms with Crippen molar-refractivity contribution in [3.05, 3.63) is 0 Å². The fraction of sp³-hybridized carbons (Fsp3) is 0.773. The lowest BCUT2D eigenvalue weighted by molar-refractivity contribution is -0.131. The van der Waals surface area contributed by atoms with Crippen molar-refractivity contribution in [1.82, 2.24) is 21.3 Å². The number of alkyl carbamates (subject to hydrolysis) is 1. The topological polar surface area (TPSA) is 176 Å². The largest absolute Gasteiger partial charge is 0.444 e. The fourth-order valence-electron chi connectivity index (χ4n) is 2.90. The van der Waals surface area contributed by atoms with Gasteiger partial charge in [-0.15, -0.1) is 0 Å². The number of nitrogens with two attached hydrogens (primary N) is 1. The van der Waals surface area contributed by atoms with Gasteiger partial charge in [-0.05, 0) is 51.9 Å². The molecular formula is C22H41N6O5. The molecule has 0 rings (SSSR count). The first kappa shape index (κ1) is 30.1. The van der Waals surface area contributed by atoms with Crippen molar-refractivity contribution in [1.29, 1.82) is 5.41 Å². The van der Waals surface area contributed by atoms with Gasteiger partial charge in [-0.2, -0.15) is 0 Å². The average Bonchev–Trinajstić information content (AvgIpc) is 2.65. The monoisotopic (exact) mass is 469 g/mol. The Labute approximate surface area is 196 Å². The standard InChI is InChI=1S/C22H41N6O5/c1-13(2)11-16(18(30)26-15(12-29)9-8-10-25-20(23)24)27-19(31)17(14(3)4)28-21(32)33-22(5,6)7/h13-17H,8-11H2,1-7H3,(H,26,30)(H,27,31)(H,28,32)(H4,23,24,25)/t15-,16-,17+/m0/s1. The van der Waals surface area contributed by atoms with E-state index in [4.69, 9.17) is 15.9 Å². The first-order valence-corrected chi connectivity index (χ1v) is 11.2. The summed E-state index contributed by atoms with van der Waals surface area (Å²) >= 11 is 0. The van der Waals surface area contributed by atoms with Gasteiger partial charge in [0.05, 0.1) is 6.04 Å². The van der Waals surface area contributed by atoms with E-state index in [0.29, 0.717) is 25.8 Å². The van der Waals surface area contributed by atoms with Crippen LogP contribution in [0.15, 0.2) is 0 Å². The highest BCUT2D eigenvalue weighted by atomic mass is 16.6. The Balaban J connectivity index is 5.19. The molecule has 0 saturated carbocycles. The highest BCUT2D eigenvalue weighted by molar-refractivity contribution is 5.92. The maximum absolute atomic E-state index is 12.9. The van der Waals surface area contributed by atoms with E-state index in [-0.39, 0.29) is 17.8 Å². The molecule has 0 spiro atoms. The minimum absolute atomic E-state index is 0.0794. The van der Waals surface area contributed by atoms with Gasteiger partial charge in [0, 0.05) is 6.54 Å². The van der Waals surface area contributed by atoms with Gasteiger partial charge < -0.3 is 31.7 Å². The van der Waals surface area contributed by atoms with Crippen LogP contribution in [0, 0.1) is 17.2 Å². The van der Waals surface area contributed by atoms with Gasteiger partial charge in [0.15, 0.2) is 5.96 Å². The van der Waals surface area contributed by atoms with Crippen LogP contribution in [0.2, 0.25) is 0 Å². The molecule has 0 aromatic heterocycles. The SMILES string of the molecule is CC(C)C[C@H](NC(=O)[C@H](NC(=O)OC(C)(C)C)C(C)C)C(=O)N[C@H]([C]=O)CCCNC(=N)N. The summed E-state index contributed by atoms with van der Waals surface area (Å²) in [6.45, 7) is 12.9. The maximum atomic E-state index is 12.9. The average molecular weight is 470 g/mol. The van der Waals surface area contributed by atoms with E-state index in [0.717, 1.165) is 0 Å². The van der Waals surface area contributed by atoms with E-state index in [9.17, 15) is 19.2 Å². The van der Waals surface area contributed by atoms with Gasteiger partial charge in [-0.25, -0.2) is 4.79 Å². The molecule has 7 N–H and O–H groups in total. The van der Waals surface area contributed by atoms with Crippen LogP contribution in [0.3, 0.4) is 0 Å². The van der Waals surface area contributed by atoms with E-state index >= 15 is 0 Å². The third-order valence-electron chi connectivity index (χ3n) is 4.41. The maximum Gasteiger partial charge on any atom is 0.408 e. The Morgan fingerprint density at radius 3 is 2.09 bits per heavy atom. The molecule has 3 atom stereocenters. The number of amides is 3. The minimum Gasteiger partial charge on any atom is -0.444 e. The number of ether oxygens (including phenoxy) is 1. The van der Waals surface area contributed by atoms with Crippen molar-refractivity contribution in [2.45, 2.75) is 91.5 Å². The van der Waals surface area contributed by atoms with Crippen LogP contribution in [0.1, 0.15) is 67.7 Å². The highest BCUT2D eigenvalue weighted by Gasteiger charge is 2.31. The Bertz CT molecular complexity index is 675. The molecule has 33 heavy (non-hydrogen) atoms. The Hall–Kier alpha value is -2.85. The Morgan fingerprint density at radius 1 is 1.03 bits per heavy atom. The van der Waals surface area contributed by atoms with Crippen molar-refractivity contribution < 1.29 is 23.9 Å². The lowest BCUT2D eigenvalue weighted by atomic mass is 9.99. The molecule has 0 aliphatic rings. The van der Waals surface area contributed by atoms with Gasteiger partial charge >= 0.3 is 6.09 Å². The summed E-state index contributed by atoms with van der Waals surface area (Å²) in [7, 11) is 0. The molecule has 0 fully saturated rings. The quantitative estimate of drug-likeness (QED) is 0.132. The summed E-state index contributed by atoms with van der Waals surface area (Å²) in [6.07, 6.45) is 2.18. The molecule has 0 aromatic carbocycles. The zero-order valence-electron chi connectivity index (χ0n) is 20.8. The second-order valence-electron chi connectivity index (χ2n) is 9.72. The summed E-state index contributed by atoms with van der Waals surface area (Å²) in [5.41, 5.74) is 4.49. The number of carbonyl (C=O) groups is 3. The van der Waals surface area contributed by atoms with Crippen molar-refractivity contribution in [2.75, 3.05) is 6.54 Å². The molecule has 11 nitrogen and oxygen atoms in total. The zero-order chi connectivity index (χ0) is 25.8. The molecule has 3 amide bonds. The van der Waals surface area contributed by atoms with E-state index in [1.807, 2.05) is 13.8 Å². The number of rotatable bonds is 13. The molecule has 0 aliphatic heterocycles. The molecule has 0 heterocycles. The first-order valence-electron chi connectivity index (χ1n) is 11.2. The van der Waals surface area contributed by atoms with Crippen LogP contribution in [-0.4, -0.2) is 60.4 Å². The van der Waals surface area contributed by atoms with Gasteiger partial charge in [-0.1, -0.05) is 27.7 Å². The van der Waals surface area contributed by atoms with E-state index in [1.165, 1.54) is 0 Å². The van der Waals surface area contributed by atoms with Crippen molar-refractivity contribution >= 4 is 30.2 Å². The third-order valence-corrected chi connectivity index (χ3v) is 4.41. The van der Waals surface area contributed by atoms with E-state index < -0.39 is 41.6 Å². The smallest absolute Gasteiger partial charge is 0.408 e.